The van der Waals surface area contributed by atoms with Crippen molar-refractivity contribution < 1.29 is 13.9 Å². The third-order valence-corrected chi connectivity index (χ3v) is 3.13. The molecule has 0 aliphatic heterocycles. The van der Waals surface area contributed by atoms with Gasteiger partial charge < -0.3 is 9.47 Å². The highest BCUT2D eigenvalue weighted by Crippen LogP contribution is 2.35. The zero-order valence-corrected chi connectivity index (χ0v) is 12.2. The van der Waals surface area contributed by atoms with Gasteiger partial charge in [-0.05, 0) is 47.1 Å². The molecule has 5 heteroatoms. The van der Waals surface area contributed by atoms with E-state index >= 15 is 0 Å². The van der Waals surface area contributed by atoms with Gasteiger partial charge in [0.2, 0.25) is 0 Å². The van der Waals surface area contributed by atoms with Crippen LogP contribution in [0.5, 0.6) is 11.6 Å². The Kier molecular flexibility index (Phi) is 4.37. The van der Waals surface area contributed by atoms with E-state index in [4.69, 9.17) is 9.47 Å². The van der Waals surface area contributed by atoms with Crippen LogP contribution in [0.1, 0.15) is 6.92 Å². The molecule has 19 heavy (non-hydrogen) atoms. The van der Waals surface area contributed by atoms with Gasteiger partial charge in [0.15, 0.2) is 5.75 Å². The number of benzene rings is 1. The molecule has 0 radical (unpaired) electrons. The molecule has 100 valence electrons. The summed E-state index contributed by atoms with van der Waals surface area (Å²) in [6.45, 7) is 2.37. The Morgan fingerprint density at radius 1 is 1.26 bits per heavy atom. The fraction of sp³-hybridized carbons (Fsp3) is 0.214. The molecule has 1 heterocycles. The third-order valence-electron chi connectivity index (χ3n) is 2.53. The zero-order chi connectivity index (χ0) is 13.8. The average molecular weight is 326 g/mol. The van der Waals surface area contributed by atoms with E-state index < -0.39 is 0 Å². The average Bonchev–Trinajstić information content (AvgIpc) is 2.41. The highest BCUT2D eigenvalue weighted by molar-refractivity contribution is 9.10. The summed E-state index contributed by atoms with van der Waals surface area (Å²) in [5.41, 5.74) is 1.49. The predicted octanol–water partition coefficient (Wildman–Crippen LogP) is 4.06. The number of ether oxygens (including phenoxy) is 2. The minimum absolute atomic E-state index is 0.279. The Hall–Kier alpha value is -1.62. The maximum atomic E-state index is 12.9. The number of aromatic nitrogens is 1. The second-order valence-corrected chi connectivity index (χ2v) is 4.62. The van der Waals surface area contributed by atoms with Crippen LogP contribution in [0.15, 0.2) is 34.8 Å². The summed E-state index contributed by atoms with van der Waals surface area (Å²) in [6.07, 6.45) is 0. The van der Waals surface area contributed by atoms with Crippen molar-refractivity contribution in [3.05, 3.63) is 40.6 Å². The summed E-state index contributed by atoms with van der Waals surface area (Å²) in [6, 6.07) is 7.92. The minimum Gasteiger partial charge on any atom is -0.491 e. The summed E-state index contributed by atoms with van der Waals surface area (Å²) in [5.74, 6) is 0.700. The zero-order valence-electron chi connectivity index (χ0n) is 10.6. The molecule has 0 fully saturated rings. The van der Waals surface area contributed by atoms with Gasteiger partial charge in [-0.1, -0.05) is 0 Å². The lowest BCUT2D eigenvalue weighted by Crippen LogP contribution is -1.99. The van der Waals surface area contributed by atoms with Gasteiger partial charge in [-0.2, -0.15) is 0 Å². The van der Waals surface area contributed by atoms with Crippen LogP contribution in [0.2, 0.25) is 0 Å². The standard InChI is InChI=1S/C14H13BrFNO2/c1-3-19-14-12(18-2)8-11(15)13(17-14)9-4-6-10(16)7-5-9/h4-8H,3H2,1-2H3. The van der Waals surface area contributed by atoms with E-state index in [1.165, 1.54) is 12.1 Å². The van der Waals surface area contributed by atoms with Gasteiger partial charge in [0.05, 0.1) is 19.4 Å². The van der Waals surface area contributed by atoms with Crippen molar-refractivity contribution in [2.75, 3.05) is 13.7 Å². The van der Waals surface area contributed by atoms with Crippen molar-refractivity contribution in [2.24, 2.45) is 0 Å². The van der Waals surface area contributed by atoms with E-state index in [1.54, 1.807) is 25.3 Å². The highest BCUT2D eigenvalue weighted by atomic mass is 79.9. The molecular formula is C14H13BrFNO2. The van der Waals surface area contributed by atoms with Crippen molar-refractivity contribution in [1.29, 1.82) is 0 Å². The SMILES string of the molecule is CCOc1nc(-c2ccc(F)cc2)c(Br)cc1OC. The first-order valence-electron chi connectivity index (χ1n) is 5.79. The van der Waals surface area contributed by atoms with Crippen molar-refractivity contribution in [2.45, 2.75) is 6.92 Å². The number of halogens is 2. The molecule has 0 spiro atoms. The monoisotopic (exact) mass is 325 g/mol. The minimum atomic E-state index is -0.279. The first-order valence-corrected chi connectivity index (χ1v) is 6.58. The molecule has 0 saturated carbocycles. The largest absolute Gasteiger partial charge is 0.491 e. The van der Waals surface area contributed by atoms with E-state index in [-0.39, 0.29) is 5.82 Å². The third kappa shape index (κ3) is 3.04. The topological polar surface area (TPSA) is 31.4 Å². The second-order valence-electron chi connectivity index (χ2n) is 3.77. The van der Waals surface area contributed by atoms with Crippen LogP contribution >= 0.6 is 15.9 Å². The first-order chi connectivity index (χ1) is 9.15. The van der Waals surface area contributed by atoms with Crippen LogP contribution in [0.4, 0.5) is 4.39 Å². The number of pyridine rings is 1. The Morgan fingerprint density at radius 2 is 1.95 bits per heavy atom. The summed E-state index contributed by atoms with van der Waals surface area (Å²) in [4.78, 5) is 4.42. The Labute approximate surface area is 119 Å². The van der Waals surface area contributed by atoms with Crippen LogP contribution in [0, 0.1) is 5.82 Å². The molecule has 0 aliphatic carbocycles. The molecule has 0 N–H and O–H groups in total. The molecule has 0 bridgehead atoms. The van der Waals surface area contributed by atoms with Crippen LogP contribution in [-0.2, 0) is 0 Å². The molecule has 0 amide bonds. The maximum absolute atomic E-state index is 12.9. The fourth-order valence-electron chi connectivity index (χ4n) is 1.65. The second kappa shape index (κ2) is 6.02. The van der Waals surface area contributed by atoms with Gasteiger partial charge in [-0.3, -0.25) is 0 Å². The van der Waals surface area contributed by atoms with Gasteiger partial charge in [0, 0.05) is 16.1 Å². The van der Waals surface area contributed by atoms with Crippen molar-refractivity contribution in [3.63, 3.8) is 0 Å². The molecule has 0 aliphatic rings. The lowest BCUT2D eigenvalue weighted by Gasteiger charge is -2.12. The summed E-state index contributed by atoms with van der Waals surface area (Å²) in [7, 11) is 1.56. The molecule has 1 aromatic carbocycles. The van der Waals surface area contributed by atoms with Gasteiger partial charge in [0.1, 0.15) is 5.82 Å². The first kappa shape index (κ1) is 13.8. The van der Waals surface area contributed by atoms with E-state index in [0.29, 0.717) is 23.9 Å². The molecule has 0 saturated heterocycles. The molecule has 2 rings (SSSR count). The number of nitrogens with zero attached hydrogens (tertiary/aromatic N) is 1. The van der Waals surface area contributed by atoms with Gasteiger partial charge in [0.25, 0.3) is 5.88 Å². The van der Waals surface area contributed by atoms with Crippen LogP contribution in [0.25, 0.3) is 11.3 Å². The number of rotatable bonds is 4. The molecule has 1 aromatic heterocycles. The van der Waals surface area contributed by atoms with E-state index in [0.717, 1.165) is 10.0 Å². The van der Waals surface area contributed by atoms with Crippen molar-refractivity contribution in [3.8, 4) is 22.9 Å². The smallest absolute Gasteiger partial charge is 0.257 e. The van der Waals surface area contributed by atoms with E-state index in [2.05, 4.69) is 20.9 Å². The van der Waals surface area contributed by atoms with Gasteiger partial charge >= 0.3 is 0 Å². The Balaban J connectivity index is 2.50. The summed E-state index contributed by atoms with van der Waals surface area (Å²) >= 11 is 3.44. The molecular weight excluding hydrogens is 313 g/mol. The molecule has 2 aromatic rings. The summed E-state index contributed by atoms with van der Waals surface area (Å²) < 4.78 is 24.4. The number of hydrogen-bond donors (Lipinski definition) is 0. The normalized spacial score (nSPS) is 10.3. The Bertz CT molecular complexity index is 572. The van der Waals surface area contributed by atoms with E-state index in [1.807, 2.05) is 6.92 Å². The van der Waals surface area contributed by atoms with Gasteiger partial charge in [-0.25, -0.2) is 9.37 Å². The number of methoxy groups -OCH3 is 1. The van der Waals surface area contributed by atoms with Crippen LogP contribution in [0.3, 0.4) is 0 Å². The maximum Gasteiger partial charge on any atom is 0.257 e. The van der Waals surface area contributed by atoms with Crippen LogP contribution in [-0.4, -0.2) is 18.7 Å². The van der Waals surface area contributed by atoms with Crippen molar-refractivity contribution >= 4 is 15.9 Å². The van der Waals surface area contributed by atoms with Gasteiger partial charge in [-0.15, -0.1) is 0 Å². The van der Waals surface area contributed by atoms with E-state index in [9.17, 15) is 4.39 Å². The lowest BCUT2D eigenvalue weighted by molar-refractivity contribution is 0.298. The molecule has 0 atom stereocenters. The predicted molar refractivity (Wildman–Crippen MR) is 75.1 cm³/mol. The number of hydrogen-bond acceptors (Lipinski definition) is 3. The lowest BCUT2D eigenvalue weighted by atomic mass is 10.1. The molecule has 3 nitrogen and oxygen atoms in total. The summed E-state index contributed by atoms with van der Waals surface area (Å²) in [5, 5.41) is 0. The Morgan fingerprint density at radius 3 is 2.53 bits per heavy atom. The van der Waals surface area contributed by atoms with Crippen LogP contribution < -0.4 is 9.47 Å². The fourth-order valence-corrected chi connectivity index (χ4v) is 2.18. The highest BCUT2D eigenvalue weighted by Gasteiger charge is 2.13. The quantitative estimate of drug-likeness (QED) is 0.849. The van der Waals surface area contributed by atoms with Crippen molar-refractivity contribution in [1.82, 2.24) is 4.98 Å². The molecule has 0 unspecified atom stereocenters.